The van der Waals surface area contributed by atoms with Crippen LogP contribution < -0.4 is 11.1 Å². The summed E-state index contributed by atoms with van der Waals surface area (Å²) in [5.41, 5.74) is 9.90. The zero-order chi connectivity index (χ0) is 15.9. The van der Waals surface area contributed by atoms with Crippen molar-refractivity contribution in [3.63, 3.8) is 0 Å². The third kappa shape index (κ3) is 4.94. The van der Waals surface area contributed by atoms with Gasteiger partial charge in [-0.1, -0.05) is 6.07 Å². The van der Waals surface area contributed by atoms with Gasteiger partial charge in [-0.25, -0.2) is 0 Å². The van der Waals surface area contributed by atoms with Gasteiger partial charge in [0, 0.05) is 32.1 Å². The third-order valence-corrected chi connectivity index (χ3v) is 4.48. The van der Waals surface area contributed by atoms with Gasteiger partial charge in [0.05, 0.1) is 6.10 Å². The van der Waals surface area contributed by atoms with Crippen molar-refractivity contribution in [1.29, 1.82) is 0 Å². The van der Waals surface area contributed by atoms with Crippen LogP contribution in [0.5, 0.6) is 0 Å². The van der Waals surface area contributed by atoms with Crippen LogP contribution >= 0.6 is 0 Å². The fourth-order valence-corrected chi connectivity index (χ4v) is 3.19. The number of aliphatic imine (C=N–C) groups is 1. The normalized spacial score (nSPS) is 18.9. The largest absolute Gasteiger partial charge is 0.381 e. The van der Waals surface area contributed by atoms with Gasteiger partial charge in [0.2, 0.25) is 0 Å². The molecule has 0 amide bonds. The summed E-state index contributed by atoms with van der Waals surface area (Å²) >= 11 is 0. The molecule has 3 rings (SSSR count). The number of rotatable bonds is 6. The van der Waals surface area contributed by atoms with Crippen molar-refractivity contribution in [2.75, 3.05) is 31.7 Å². The van der Waals surface area contributed by atoms with E-state index in [0.717, 1.165) is 44.8 Å². The quantitative estimate of drug-likeness (QED) is 0.480. The standard InChI is InChI=1S/C18H27N3O2/c19-18(20-9-2-10-23-17-7-11-22-12-8-17)21-16-6-5-14-3-1-4-15(14)13-16/h5-6,13,17H,1-4,7-12H2,(H3,19,20,21). The van der Waals surface area contributed by atoms with E-state index in [-0.39, 0.29) is 0 Å². The molecule has 126 valence electrons. The number of ether oxygens (including phenoxy) is 2. The fraction of sp³-hybridized carbons (Fsp3) is 0.611. The van der Waals surface area contributed by atoms with Crippen LogP contribution in [-0.2, 0) is 22.3 Å². The number of nitrogens with two attached hydrogens (primary N) is 1. The highest BCUT2D eigenvalue weighted by molar-refractivity contribution is 5.92. The summed E-state index contributed by atoms with van der Waals surface area (Å²) in [7, 11) is 0. The average Bonchev–Trinajstić information content (AvgIpc) is 3.03. The van der Waals surface area contributed by atoms with Crippen LogP contribution in [0.1, 0.15) is 36.8 Å². The van der Waals surface area contributed by atoms with Crippen molar-refractivity contribution >= 4 is 11.6 Å². The lowest BCUT2D eigenvalue weighted by Gasteiger charge is -2.22. The number of guanidine groups is 1. The summed E-state index contributed by atoms with van der Waals surface area (Å²) in [6.07, 6.45) is 6.89. The van der Waals surface area contributed by atoms with E-state index >= 15 is 0 Å². The average molecular weight is 317 g/mol. The molecule has 5 heteroatoms. The molecule has 1 aromatic rings. The smallest absolute Gasteiger partial charge is 0.193 e. The summed E-state index contributed by atoms with van der Waals surface area (Å²) in [4.78, 5) is 4.37. The molecule has 0 unspecified atom stereocenters. The molecule has 3 N–H and O–H groups in total. The highest BCUT2D eigenvalue weighted by Crippen LogP contribution is 2.24. The van der Waals surface area contributed by atoms with Crippen molar-refractivity contribution in [3.05, 3.63) is 29.3 Å². The van der Waals surface area contributed by atoms with E-state index in [0.29, 0.717) is 18.6 Å². The van der Waals surface area contributed by atoms with Crippen LogP contribution in [0.15, 0.2) is 23.2 Å². The molecule has 0 bridgehead atoms. The maximum Gasteiger partial charge on any atom is 0.193 e. The van der Waals surface area contributed by atoms with E-state index in [1.54, 1.807) is 0 Å². The Bertz CT molecular complexity index is 539. The molecule has 5 nitrogen and oxygen atoms in total. The van der Waals surface area contributed by atoms with Crippen molar-refractivity contribution in [1.82, 2.24) is 0 Å². The third-order valence-electron chi connectivity index (χ3n) is 4.48. The summed E-state index contributed by atoms with van der Waals surface area (Å²) < 4.78 is 11.1. The van der Waals surface area contributed by atoms with E-state index in [1.165, 1.54) is 30.4 Å². The molecule has 1 aromatic carbocycles. The maximum atomic E-state index is 5.96. The van der Waals surface area contributed by atoms with Gasteiger partial charge in [-0.15, -0.1) is 0 Å². The van der Waals surface area contributed by atoms with Crippen molar-refractivity contribution in [2.24, 2.45) is 10.7 Å². The number of benzene rings is 1. The van der Waals surface area contributed by atoms with Crippen molar-refractivity contribution in [2.45, 2.75) is 44.6 Å². The zero-order valence-corrected chi connectivity index (χ0v) is 13.7. The number of hydrogen-bond acceptors (Lipinski definition) is 3. The predicted molar refractivity (Wildman–Crippen MR) is 93.0 cm³/mol. The molecule has 0 spiro atoms. The van der Waals surface area contributed by atoms with E-state index < -0.39 is 0 Å². The lowest BCUT2D eigenvalue weighted by Crippen LogP contribution is -2.24. The Balaban J connectivity index is 1.36. The number of nitrogens with zero attached hydrogens (tertiary/aromatic N) is 1. The van der Waals surface area contributed by atoms with Crippen LogP contribution in [0.25, 0.3) is 0 Å². The molecular formula is C18H27N3O2. The van der Waals surface area contributed by atoms with Gasteiger partial charge in [-0.2, -0.15) is 0 Å². The first-order valence-corrected chi connectivity index (χ1v) is 8.69. The number of aryl methyl sites for hydroxylation is 2. The number of hydrogen-bond donors (Lipinski definition) is 2. The molecule has 0 saturated carbocycles. The molecule has 1 heterocycles. The van der Waals surface area contributed by atoms with Crippen molar-refractivity contribution in [3.8, 4) is 0 Å². The van der Waals surface area contributed by atoms with Gasteiger partial charge in [-0.3, -0.25) is 4.99 Å². The van der Waals surface area contributed by atoms with Crippen LogP contribution in [0.4, 0.5) is 5.69 Å². The zero-order valence-electron chi connectivity index (χ0n) is 13.7. The first-order chi connectivity index (χ1) is 11.3. The molecule has 1 aliphatic heterocycles. The Morgan fingerprint density at radius 2 is 2.09 bits per heavy atom. The first-order valence-electron chi connectivity index (χ1n) is 8.69. The Labute approximate surface area is 138 Å². The Kier molecular flexibility index (Phi) is 5.88. The van der Waals surface area contributed by atoms with Gasteiger partial charge < -0.3 is 20.5 Å². The minimum absolute atomic E-state index is 0.356. The van der Waals surface area contributed by atoms with Crippen LogP contribution in [0.3, 0.4) is 0 Å². The molecule has 1 fully saturated rings. The summed E-state index contributed by atoms with van der Waals surface area (Å²) in [5.74, 6) is 0.481. The molecule has 0 atom stereocenters. The fourth-order valence-electron chi connectivity index (χ4n) is 3.19. The number of nitrogens with one attached hydrogen (secondary N) is 1. The number of anilines is 1. The van der Waals surface area contributed by atoms with Gasteiger partial charge in [0.25, 0.3) is 0 Å². The van der Waals surface area contributed by atoms with Gasteiger partial charge in [-0.05, 0) is 61.8 Å². The number of fused-ring (bicyclic) bond motifs is 1. The lowest BCUT2D eigenvalue weighted by molar-refractivity contribution is -0.0318. The van der Waals surface area contributed by atoms with E-state index in [9.17, 15) is 0 Å². The second kappa shape index (κ2) is 8.31. The Hall–Kier alpha value is -1.59. The molecule has 2 aliphatic rings. The summed E-state index contributed by atoms with van der Waals surface area (Å²) in [6.45, 7) is 3.06. The molecule has 1 aliphatic carbocycles. The van der Waals surface area contributed by atoms with E-state index in [2.05, 4.69) is 28.5 Å². The highest BCUT2D eigenvalue weighted by Gasteiger charge is 2.13. The minimum Gasteiger partial charge on any atom is -0.381 e. The van der Waals surface area contributed by atoms with Crippen LogP contribution in [0.2, 0.25) is 0 Å². The van der Waals surface area contributed by atoms with Crippen LogP contribution in [-0.4, -0.2) is 38.4 Å². The van der Waals surface area contributed by atoms with Gasteiger partial charge in [0.1, 0.15) is 0 Å². The molecule has 0 radical (unpaired) electrons. The van der Waals surface area contributed by atoms with E-state index in [1.807, 2.05) is 0 Å². The van der Waals surface area contributed by atoms with Gasteiger partial charge >= 0.3 is 0 Å². The highest BCUT2D eigenvalue weighted by atomic mass is 16.5. The summed E-state index contributed by atoms with van der Waals surface area (Å²) in [6, 6.07) is 6.47. The minimum atomic E-state index is 0.356. The molecule has 23 heavy (non-hydrogen) atoms. The topological polar surface area (TPSA) is 68.9 Å². The molecule has 1 saturated heterocycles. The van der Waals surface area contributed by atoms with E-state index in [4.69, 9.17) is 15.2 Å². The molecule has 0 aromatic heterocycles. The van der Waals surface area contributed by atoms with Gasteiger partial charge in [0.15, 0.2) is 5.96 Å². The van der Waals surface area contributed by atoms with Crippen molar-refractivity contribution < 1.29 is 9.47 Å². The second-order valence-electron chi connectivity index (χ2n) is 6.27. The SMILES string of the molecule is NC(=NCCCOC1CCOCC1)Nc1ccc2c(c1)CCC2. The Morgan fingerprint density at radius 1 is 1.26 bits per heavy atom. The maximum absolute atomic E-state index is 5.96. The summed E-state index contributed by atoms with van der Waals surface area (Å²) in [5, 5.41) is 3.18. The molecular weight excluding hydrogens is 290 g/mol. The Morgan fingerprint density at radius 3 is 2.96 bits per heavy atom. The first kappa shape index (κ1) is 16.3. The second-order valence-corrected chi connectivity index (χ2v) is 6.27. The van der Waals surface area contributed by atoms with Crippen LogP contribution in [0, 0.1) is 0 Å². The predicted octanol–water partition coefficient (Wildman–Crippen LogP) is 2.49. The lowest BCUT2D eigenvalue weighted by atomic mass is 10.1. The monoisotopic (exact) mass is 317 g/mol.